The minimum Gasteiger partial charge on any atom is -0.323 e. The van der Waals surface area contributed by atoms with E-state index in [9.17, 15) is 0 Å². The number of hydrogen-bond acceptors (Lipinski definition) is 6. The lowest BCUT2D eigenvalue weighted by Crippen LogP contribution is -2.35. The number of fused-ring (bicyclic) bond motifs is 3. The molecule has 4 aromatic rings. The van der Waals surface area contributed by atoms with Gasteiger partial charge in [-0.2, -0.15) is 5.10 Å². The molecule has 1 fully saturated rings. The van der Waals surface area contributed by atoms with Gasteiger partial charge in [0.15, 0.2) is 17.0 Å². The molecule has 172 valence electrons. The number of rotatable bonds is 2. The van der Waals surface area contributed by atoms with Gasteiger partial charge >= 0.3 is 0 Å². The summed E-state index contributed by atoms with van der Waals surface area (Å²) < 4.78 is 0. The van der Waals surface area contributed by atoms with E-state index in [4.69, 9.17) is 15.7 Å². The van der Waals surface area contributed by atoms with Crippen molar-refractivity contribution in [2.45, 2.75) is 56.9 Å². The van der Waals surface area contributed by atoms with Gasteiger partial charge in [0, 0.05) is 30.9 Å². The molecule has 0 unspecified atom stereocenters. The Morgan fingerprint density at radius 3 is 2.82 bits per heavy atom. The second-order valence-corrected chi connectivity index (χ2v) is 10.3. The van der Waals surface area contributed by atoms with Crippen molar-refractivity contribution in [2.75, 3.05) is 11.4 Å². The second kappa shape index (κ2) is 7.60. The van der Waals surface area contributed by atoms with Gasteiger partial charge in [0.25, 0.3) is 0 Å². The van der Waals surface area contributed by atoms with Gasteiger partial charge in [-0.1, -0.05) is 24.3 Å². The van der Waals surface area contributed by atoms with Crippen molar-refractivity contribution in [1.82, 2.24) is 25.1 Å². The molecule has 1 spiro atoms. The third kappa shape index (κ3) is 2.99. The second-order valence-electron chi connectivity index (χ2n) is 10.3. The average Bonchev–Trinajstić information content (AvgIpc) is 3.43. The van der Waals surface area contributed by atoms with E-state index in [1.54, 1.807) is 0 Å². The maximum Gasteiger partial charge on any atom is 0.183 e. The molecule has 3 N–H and O–H groups in total. The van der Waals surface area contributed by atoms with E-state index in [0.717, 1.165) is 85.5 Å². The maximum absolute atomic E-state index is 6.77. The molecular weight excluding hydrogens is 422 g/mol. The fourth-order valence-electron chi connectivity index (χ4n) is 6.59. The molecule has 0 bridgehead atoms. The topological polar surface area (TPSA) is 96.6 Å². The lowest BCUT2D eigenvalue weighted by atomic mass is 9.66. The number of nitrogens with one attached hydrogen (secondary N) is 1. The van der Waals surface area contributed by atoms with Crippen molar-refractivity contribution in [3.63, 3.8) is 0 Å². The van der Waals surface area contributed by atoms with Gasteiger partial charge in [0.2, 0.25) is 0 Å². The maximum atomic E-state index is 6.77. The highest BCUT2D eigenvalue weighted by Gasteiger charge is 2.46. The molecule has 0 saturated heterocycles. The molecule has 1 saturated carbocycles. The van der Waals surface area contributed by atoms with Crippen molar-refractivity contribution in [3.8, 4) is 0 Å². The Morgan fingerprint density at radius 2 is 1.94 bits per heavy atom. The van der Waals surface area contributed by atoms with Crippen molar-refractivity contribution < 1.29 is 0 Å². The zero-order chi connectivity index (χ0) is 22.7. The zero-order valence-corrected chi connectivity index (χ0v) is 19.2. The number of pyridine rings is 1. The summed E-state index contributed by atoms with van der Waals surface area (Å²) in [6, 6.07) is 13.0. The summed E-state index contributed by atoms with van der Waals surface area (Å²) in [5.74, 6) is 1.27. The van der Waals surface area contributed by atoms with Crippen LogP contribution in [0.25, 0.3) is 11.2 Å². The van der Waals surface area contributed by atoms with Gasteiger partial charge < -0.3 is 10.6 Å². The molecule has 1 atom stereocenters. The SMILES string of the molecule is N[C@H]1c2ccccc2C[C@]12CC[C@@H](c1cnc3c(N4CCCc5ncccc54)n[nH]c3n1)CC2. The summed E-state index contributed by atoms with van der Waals surface area (Å²) >= 11 is 0. The fourth-order valence-corrected chi connectivity index (χ4v) is 6.59. The Balaban J connectivity index is 1.13. The number of nitrogens with zero attached hydrogens (tertiary/aromatic N) is 5. The summed E-state index contributed by atoms with van der Waals surface area (Å²) in [7, 11) is 0. The van der Waals surface area contributed by atoms with Crippen LogP contribution < -0.4 is 10.6 Å². The first-order valence-corrected chi connectivity index (χ1v) is 12.5. The molecule has 3 aliphatic rings. The van der Waals surface area contributed by atoms with Gasteiger partial charge in [-0.05, 0) is 73.6 Å². The van der Waals surface area contributed by atoms with Crippen LogP contribution in [0, 0.1) is 5.41 Å². The number of H-pyrrole nitrogens is 1. The van der Waals surface area contributed by atoms with Crippen LogP contribution in [0.15, 0.2) is 48.8 Å². The van der Waals surface area contributed by atoms with Crippen LogP contribution in [-0.4, -0.2) is 31.7 Å². The van der Waals surface area contributed by atoms with Crippen molar-refractivity contribution in [2.24, 2.45) is 11.1 Å². The number of aromatic amines is 1. The largest absolute Gasteiger partial charge is 0.323 e. The van der Waals surface area contributed by atoms with E-state index < -0.39 is 0 Å². The lowest BCUT2D eigenvalue weighted by Gasteiger charge is -2.40. The molecule has 7 rings (SSSR count). The zero-order valence-electron chi connectivity index (χ0n) is 19.2. The highest BCUT2D eigenvalue weighted by Crippen LogP contribution is 2.55. The molecule has 7 nitrogen and oxygen atoms in total. The third-order valence-electron chi connectivity index (χ3n) is 8.47. The lowest BCUT2D eigenvalue weighted by molar-refractivity contribution is 0.148. The van der Waals surface area contributed by atoms with Crippen LogP contribution in [0.1, 0.15) is 66.6 Å². The molecule has 34 heavy (non-hydrogen) atoms. The summed E-state index contributed by atoms with van der Waals surface area (Å²) in [6.45, 7) is 0.912. The number of anilines is 2. The highest BCUT2D eigenvalue weighted by atomic mass is 15.3. The van der Waals surface area contributed by atoms with Crippen molar-refractivity contribution in [3.05, 3.63) is 71.3 Å². The Morgan fingerprint density at radius 1 is 1.06 bits per heavy atom. The first-order chi connectivity index (χ1) is 16.7. The Bertz CT molecular complexity index is 1370. The fraction of sp³-hybridized carbons (Fsp3) is 0.407. The van der Waals surface area contributed by atoms with Crippen LogP contribution in [0.3, 0.4) is 0 Å². The minimum absolute atomic E-state index is 0.148. The molecule has 1 aliphatic heterocycles. The number of hydrogen-bond donors (Lipinski definition) is 2. The molecule has 4 heterocycles. The molecular formula is C27H29N7. The van der Waals surface area contributed by atoms with Crippen LogP contribution in [0.4, 0.5) is 11.5 Å². The van der Waals surface area contributed by atoms with E-state index in [-0.39, 0.29) is 11.5 Å². The third-order valence-corrected chi connectivity index (χ3v) is 8.47. The van der Waals surface area contributed by atoms with Gasteiger partial charge in [0.05, 0.1) is 17.1 Å². The molecule has 0 radical (unpaired) electrons. The number of aryl methyl sites for hydroxylation is 1. The number of benzene rings is 1. The first kappa shape index (κ1) is 20.1. The van der Waals surface area contributed by atoms with E-state index in [1.807, 2.05) is 18.5 Å². The monoisotopic (exact) mass is 451 g/mol. The van der Waals surface area contributed by atoms with Crippen LogP contribution >= 0.6 is 0 Å². The van der Waals surface area contributed by atoms with Gasteiger partial charge in [-0.25, -0.2) is 9.97 Å². The molecule has 3 aromatic heterocycles. The molecule has 2 aliphatic carbocycles. The standard InChI is InChI=1S/C27H29N7/c28-24-19-6-2-1-5-18(19)15-27(24)11-9-17(10-12-27)21-16-30-23-25(31-21)32-33-26(23)34-14-4-7-20-22(34)8-3-13-29-20/h1-3,5-6,8,13,16-17,24H,4,7,9-12,14-15,28H2,(H,31,32,33)/t17-,24-,27-/m0/s1. The van der Waals surface area contributed by atoms with Crippen LogP contribution in [-0.2, 0) is 12.8 Å². The molecule has 0 amide bonds. The predicted octanol–water partition coefficient (Wildman–Crippen LogP) is 4.73. The summed E-state index contributed by atoms with van der Waals surface area (Å²) in [4.78, 5) is 16.6. The van der Waals surface area contributed by atoms with Gasteiger partial charge in [-0.3, -0.25) is 10.1 Å². The van der Waals surface area contributed by atoms with Crippen LogP contribution in [0.5, 0.6) is 0 Å². The number of aromatic nitrogens is 5. The molecule has 1 aromatic carbocycles. The van der Waals surface area contributed by atoms with Gasteiger partial charge in [-0.15, -0.1) is 0 Å². The quantitative estimate of drug-likeness (QED) is 0.457. The predicted molar refractivity (Wildman–Crippen MR) is 132 cm³/mol. The smallest absolute Gasteiger partial charge is 0.183 e. The van der Waals surface area contributed by atoms with Gasteiger partial charge in [0.1, 0.15) is 0 Å². The summed E-state index contributed by atoms with van der Waals surface area (Å²) in [5.41, 5.74) is 14.7. The molecule has 7 heteroatoms. The van der Waals surface area contributed by atoms with Crippen molar-refractivity contribution in [1.29, 1.82) is 0 Å². The highest BCUT2D eigenvalue weighted by molar-refractivity contribution is 5.86. The number of nitrogens with two attached hydrogens (primary N) is 1. The van der Waals surface area contributed by atoms with Crippen molar-refractivity contribution >= 4 is 22.7 Å². The summed E-state index contributed by atoms with van der Waals surface area (Å²) in [6.07, 6.45) is 11.5. The van der Waals surface area contributed by atoms with E-state index in [1.165, 1.54) is 11.1 Å². The van der Waals surface area contributed by atoms with Crippen LogP contribution in [0.2, 0.25) is 0 Å². The first-order valence-electron chi connectivity index (χ1n) is 12.5. The minimum atomic E-state index is 0.148. The Kier molecular flexibility index (Phi) is 4.49. The Labute approximate surface area is 198 Å². The Hall–Kier alpha value is -3.32. The van der Waals surface area contributed by atoms with E-state index in [2.05, 4.69) is 50.4 Å². The normalized spacial score (nSPS) is 26.1. The average molecular weight is 452 g/mol. The summed E-state index contributed by atoms with van der Waals surface area (Å²) in [5, 5.41) is 7.78. The van der Waals surface area contributed by atoms with E-state index >= 15 is 0 Å². The van der Waals surface area contributed by atoms with E-state index in [0.29, 0.717) is 5.92 Å².